The molecule has 8 nitrogen and oxygen atoms in total. The van der Waals surface area contributed by atoms with E-state index in [0.717, 1.165) is 20.6 Å². The highest BCUT2D eigenvalue weighted by Crippen LogP contribution is 2.18. The summed E-state index contributed by atoms with van der Waals surface area (Å²) >= 11 is 0. The summed E-state index contributed by atoms with van der Waals surface area (Å²) in [6.45, 7) is 0. The van der Waals surface area contributed by atoms with E-state index < -0.39 is 20.0 Å². The molecule has 2 heterocycles. The largest absolute Gasteiger partial charge is 0.268 e. The zero-order valence-corrected chi connectivity index (χ0v) is 12.6. The van der Waals surface area contributed by atoms with Crippen molar-refractivity contribution in [1.82, 2.24) is 17.9 Å². The maximum atomic E-state index is 12.2. The predicted molar refractivity (Wildman–Crippen MR) is 76.1 cm³/mol. The lowest BCUT2D eigenvalue weighted by atomic mass is 10.4. The molecule has 0 fully saturated rings. The molecule has 0 bridgehead atoms. The highest BCUT2D eigenvalue weighted by atomic mass is 32.2. The van der Waals surface area contributed by atoms with E-state index in [1.165, 1.54) is 49.1 Å². The number of hydrogen-bond acceptors (Lipinski definition) is 6. The van der Waals surface area contributed by atoms with Gasteiger partial charge in [0.15, 0.2) is 0 Å². The quantitative estimate of drug-likeness (QED) is 0.688. The number of rotatable bonds is 4. The molecule has 0 spiro atoms. The fourth-order valence-electron chi connectivity index (χ4n) is 1.81. The lowest BCUT2D eigenvalue weighted by molar-refractivity contribution is 0.583. The van der Waals surface area contributed by atoms with Gasteiger partial charge < -0.3 is 0 Å². The predicted octanol–water partition coefficient (Wildman–Crippen LogP) is 0.554. The summed E-state index contributed by atoms with van der Waals surface area (Å²) in [6, 6.07) is 4.94. The average molecular weight is 338 g/mol. The van der Waals surface area contributed by atoms with Gasteiger partial charge in [0, 0.05) is 24.8 Å². The first-order valence-corrected chi connectivity index (χ1v) is 8.87. The average Bonchev–Trinajstić information content (AvgIpc) is 3.20. The van der Waals surface area contributed by atoms with Crippen molar-refractivity contribution in [2.45, 2.75) is 9.79 Å². The van der Waals surface area contributed by atoms with E-state index in [9.17, 15) is 16.8 Å². The van der Waals surface area contributed by atoms with Gasteiger partial charge in [-0.15, -0.1) is 0 Å². The molecule has 0 N–H and O–H groups in total. The summed E-state index contributed by atoms with van der Waals surface area (Å²) in [4.78, 5) is 7.30. The van der Waals surface area contributed by atoms with E-state index in [4.69, 9.17) is 0 Å². The van der Waals surface area contributed by atoms with Crippen LogP contribution in [-0.2, 0) is 20.0 Å². The summed E-state index contributed by atoms with van der Waals surface area (Å²) in [6.07, 6.45) is 7.60. The van der Waals surface area contributed by atoms with Crippen LogP contribution in [0, 0.1) is 0 Å². The molecule has 0 saturated heterocycles. The standard InChI is InChI=1S/C12H10N4O4S2/c17-21(18,15-7-5-13-9-15)11-1-2-12(4-3-11)22(19,20)16-8-6-14-10-16/h1-10H. The zero-order chi connectivity index (χ0) is 15.8. The van der Waals surface area contributed by atoms with E-state index in [1.807, 2.05) is 0 Å². The number of aromatic nitrogens is 4. The minimum atomic E-state index is -3.77. The highest BCUT2D eigenvalue weighted by molar-refractivity contribution is 7.90. The van der Waals surface area contributed by atoms with Crippen molar-refractivity contribution in [3.05, 3.63) is 61.7 Å². The van der Waals surface area contributed by atoms with Crippen molar-refractivity contribution < 1.29 is 16.8 Å². The Morgan fingerprint density at radius 3 is 1.32 bits per heavy atom. The SMILES string of the molecule is O=S(=O)(c1ccc(S(=O)(=O)n2ccnc2)cc1)n1ccnc1. The van der Waals surface area contributed by atoms with Crippen LogP contribution in [0.3, 0.4) is 0 Å². The van der Waals surface area contributed by atoms with Crippen molar-refractivity contribution in [2.24, 2.45) is 0 Å². The van der Waals surface area contributed by atoms with Gasteiger partial charge in [0.2, 0.25) is 0 Å². The summed E-state index contributed by atoms with van der Waals surface area (Å²) in [5.74, 6) is 0. The number of benzene rings is 1. The van der Waals surface area contributed by atoms with Crippen LogP contribution in [0.15, 0.2) is 71.5 Å². The zero-order valence-electron chi connectivity index (χ0n) is 11.0. The smallest absolute Gasteiger partial charge is 0.244 e. The van der Waals surface area contributed by atoms with Crippen molar-refractivity contribution >= 4 is 20.0 Å². The van der Waals surface area contributed by atoms with Crippen LogP contribution < -0.4 is 0 Å². The lowest BCUT2D eigenvalue weighted by Gasteiger charge is -2.07. The number of nitrogens with zero attached hydrogens (tertiary/aromatic N) is 4. The maximum absolute atomic E-state index is 12.2. The molecule has 10 heteroatoms. The van der Waals surface area contributed by atoms with Gasteiger partial charge in [-0.25, -0.2) is 34.7 Å². The Bertz CT molecular complexity index is 891. The molecular formula is C12H10N4O4S2. The van der Waals surface area contributed by atoms with E-state index in [2.05, 4.69) is 9.97 Å². The Kier molecular flexibility index (Phi) is 3.34. The Balaban J connectivity index is 2.01. The number of hydrogen-bond donors (Lipinski definition) is 0. The van der Waals surface area contributed by atoms with Crippen LogP contribution in [0.25, 0.3) is 0 Å². The van der Waals surface area contributed by atoms with Crippen LogP contribution in [-0.4, -0.2) is 34.7 Å². The van der Waals surface area contributed by atoms with Gasteiger partial charge in [-0.3, -0.25) is 0 Å². The van der Waals surface area contributed by atoms with Gasteiger partial charge in [-0.1, -0.05) is 0 Å². The fraction of sp³-hybridized carbons (Fsp3) is 0. The number of imidazole rings is 2. The lowest BCUT2D eigenvalue weighted by Crippen LogP contribution is -2.13. The Morgan fingerprint density at radius 2 is 1.05 bits per heavy atom. The molecule has 0 unspecified atom stereocenters. The van der Waals surface area contributed by atoms with Gasteiger partial charge in [0.05, 0.1) is 9.79 Å². The monoisotopic (exact) mass is 338 g/mol. The van der Waals surface area contributed by atoms with Crippen molar-refractivity contribution in [3.63, 3.8) is 0 Å². The third-order valence-electron chi connectivity index (χ3n) is 2.93. The molecule has 0 amide bonds. The molecule has 0 aliphatic heterocycles. The Labute approximate surface area is 126 Å². The first kappa shape index (κ1) is 14.5. The van der Waals surface area contributed by atoms with Crippen molar-refractivity contribution in [3.8, 4) is 0 Å². The van der Waals surface area contributed by atoms with Crippen LogP contribution >= 0.6 is 0 Å². The molecule has 0 saturated carbocycles. The summed E-state index contributed by atoms with van der Waals surface area (Å²) in [5, 5.41) is 0. The van der Waals surface area contributed by atoms with Crippen LogP contribution in [0.2, 0.25) is 0 Å². The van der Waals surface area contributed by atoms with E-state index in [-0.39, 0.29) is 9.79 Å². The molecule has 0 aliphatic carbocycles. The molecule has 3 rings (SSSR count). The topological polar surface area (TPSA) is 104 Å². The Morgan fingerprint density at radius 1 is 0.682 bits per heavy atom. The normalized spacial score (nSPS) is 12.4. The van der Waals surface area contributed by atoms with Gasteiger partial charge in [0.25, 0.3) is 20.0 Å². The molecule has 1 aromatic carbocycles. The van der Waals surface area contributed by atoms with E-state index in [0.29, 0.717) is 0 Å². The molecule has 0 aliphatic rings. The summed E-state index contributed by atoms with van der Waals surface area (Å²) in [5.41, 5.74) is 0. The van der Waals surface area contributed by atoms with Crippen LogP contribution in [0.5, 0.6) is 0 Å². The summed E-state index contributed by atoms with van der Waals surface area (Å²) < 4.78 is 50.9. The third kappa shape index (κ3) is 2.31. The molecule has 114 valence electrons. The minimum Gasteiger partial charge on any atom is -0.244 e. The third-order valence-corrected chi connectivity index (χ3v) is 6.21. The van der Waals surface area contributed by atoms with Gasteiger partial charge in [-0.2, -0.15) is 0 Å². The molecule has 22 heavy (non-hydrogen) atoms. The van der Waals surface area contributed by atoms with Gasteiger partial charge in [-0.05, 0) is 24.3 Å². The Hall–Kier alpha value is -2.46. The molecule has 2 aromatic heterocycles. The van der Waals surface area contributed by atoms with Crippen molar-refractivity contribution in [2.75, 3.05) is 0 Å². The van der Waals surface area contributed by atoms with Gasteiger partial charge in [0.1, 0.15) is 12.7 Å². The molecular weight excluding hydrogens is 328 g/mol. The second-order valence-corrected chi connectivity index (χ2v) is 7.95. The summed E-state index contributed by atoms with van der Waals surface area (Å²) in [7, 11) is -7.54. The molecule has 3 aromatic rings. The van der Waals surface area contributed by atoms with Crippen molar-refractivity contribution in [1.29, 1.82) is 0 Å². The molecule has 0 atom stereocenters. The first-order valence-electron chi connectivity index (χ1n) is 5.99. The minimum absolute atomic E-state index is 0.0323. The highest BCUT2D eigenvalue weighted by Gasteiger charge is 2.20. The fourth-order valence-corrected chi connectivity index (χ4v) is 4.04. The second-order valence-electron chi connectivity index (χ2n) is 4.27. The molecule has 0 radical (unpaired) electrons. The van der Waals surface area contributed by atoms with Crippen LogP contribution in [0.4, 0.5) is 0 Å². The van der Waals surface area contributed by atoms with Gasteiger partial charge >= 0.3 is 0 Å². The van der Waals surface area contributed by atoms with E-state index in [1.54, 1.807) is 0 Å². The first-order chi connectivity index (χ1) is 10.4. The van der Waals surface area contributed by atoms with Crippen LogP contribution in [0.1, 0.15) is 0 Å². The second kappa shape index (κ2) is 5.07. The van der Waals surface area contributed by atoms with E-state index >= 15 is 0 Å². The maximum Gasteiger partial charge on any atom is 0.268 e.